The topological polar surface area (TPSA) is 95.6 Å². The third kappa shape index (κ3) is 3.58. The molecule has 23 heavy (non-hydrogen) atoms. The van der Waals surface area contributed by atoms with Crippen LogP contribution in [0.4, 0.5) is 9.93 Å². The lowest BCUT2D eigenvalue weighted by atomic mass is 10.1. The highest BCUT2D eigenvalue weighted by Crippen LogP contribution is 2.37. The van der Waals surface area contributed by atoms with Crippen LogP contribution in [0, 0.1) is 0 Å². The fourth-order valence-corrected chi connectivity index (χ4v) is 3.17. The summed E-state index contributed by atoms with van der Waals surface area (Å²) in [5.74, 6) is 0.488. The number of furan rings is 1. The molecule has 0 spiro atoms. The SMILES string of the molecule is O=C(O)Nc1nc(-c2ccco2)c(C(O)Cc2ccccc2)s1. The number of nitrogens with zero attached hydrogens (tertiary/aromatic N) is 1. The smallest absolute Gasteiger partial charge is 0.410 e. The Kier molecular flexibility index (Phi) is 4.40. The van der Waals surface area contributed by atoms with Crippen LogP contribution in [0.5, 0.6) is 0 Å². The lowest BCUT2D eigenvalue weighted by Gasteiger charge is -2.09. The Bertz CT molecular complexity index is 784. The Morgan fingerprint density at radius 1 is 1.26 bits per heavy atom. The van der Waals surface area contributed by atoms with Crippen LogP contribution in [0.2, 0.25) is 0 Å². The van der Waals surface area contributed by atoms with E-state index in [9.17, 15) is 9.90 Å². The van der Waals surface area contributed by atoms with Crippen LogP contribution < -0.4 is 5.32 Å². The average molecular weight is 330 g/mol. The number of aromatic nitrogens is 1. The van der Waals surface area contributed by atoms with Gasteiger partial charge < -0.3 is 14.6 Å². The van der Waals surface area contributed by atoms with Gasteiger partial charge in [-0.15, -0.1) is 0 Å². The Morgan fingerprint density at radius 3 is 2.70 bits per heavy atom. The molecule has 1 unspecified atom stereocenters. The Labute approximate surface area is 136 Å². The number of thiazole rings is 1. The highest BCUT2D eigenvalue weighted by atomic mass is 32.1. The normalized spacial score (nSPS) is 12.0. The highest BCUT2D eigenvalue weighted by molar-refractivity contribution is 7.16. The predicted molar refractivity (Wildman–Crippen MR) is 86.6 cm³/mol. The molecule has 1 amide bonds. The van der Waals surface area contributed by atoms with E-state index in [0.29, 0.717) is 22.8 Å². The van der Waals surface area contributed by atoms with Gasteiger partial charge in [0.2, 0.25) is 0 Å². The molecular weight excluding hydrogens is 316 g/mol. The number of aliphatic hydroxyl groups excluding tert-OH is 1. The first-order valence-corrected chi connectivity index (χ1v) is 7.71. The lowest BCUT2D eigenvalue weighted by molar-refractivity contribution is 0.182. The molecule has 3 aromatic rings. The summed E-state index contributed by atoms with van der Waals surface area (Å²) in [5, 5.41) is 21.8. The van der Waals surface area contributed by atoms with E-state index < -0.39 is 12.2 Å². The minimum atomic E-state index is -1.20. The molecule has 0 aliphatic rings. The molecule has 3 rings (SSSR count). The fraction of sp³-hybridized carbons (Fsp3) is 0.125. The number of amides is 1. The van der Waals surface area contributed by atoms with Crippen LogP contribution in [-0.2, 0) is 6.42 Å². The summed E-state index contributed by atoms with van der Waals surface area (Å²) < 4.78 is 5.34. The Hall–Kier alpha value is -2.64. The summed E-state index contributed by atoms with van der Waals surface area (Å²) >= 11 is 1.10. The van der Waals surface area contributed by atoms with Crippen molar-refractivity contribution in [2.45, 2.75) is 12.5 Å². The van der Waals surface area contributed by atoms with Crippen molar-refractivity contribution >= 4 is 22.6 Å². The van der Waals surface area contributed by atoms with E-state index in [0.717, 1.165) is 16.9 Å². The van der Waals surface area contributed by atoms with E-state index >= 15 is 0 Å². The molecule has 0 bridgehead atoms. The molecular formula is C16H14N2O4S. The second kappa shape index (κ2) is 6.64. The standard InChI is InChI=1S/C16H14N2O4S/c19-11(9-10-5-2-1-3-6-10)14-13(12-7-4-8-22-12)17-15(23-14)18-16(20)21/h1-8,11,19H,9H2,(H,17,18)(H,20,21). The first-order valence-electron chi connectivity index (χ1n) is 6.90. The van der Waals surface area contributed by atoms with E-state index in [-0.39, 0.29) is 5.13 Å². The Morgan fingerprint density at radius 2 is 2.04 bits per heavy atom. The number of anilines is 1. The largest absolute Gasteiger partial charge is 0.465 e. The van der Waals surface area contributed by atoms with Crippen molar-refractivity contribution in [3.63, 3.8) is 0 Å². The summed E-state index contributed by atoms with van der Waals surface area (Å²) in [5.41, 5.74) is 1.43. The van der Waals surface area contributed by atoms with Gasteiger partial charge in [0.25, 0.3) is 0 Å². The number of aliphatic hydroxyl groups is 1. The van der Waals surface area contributed by atoms with Crippen molar-refractivity contribution in [2.75, 3.05) is 5.32 Å². The molecule has 7 heteroatoms. The first kappa shape index (κ1) is 15.3. The maximum atomic E-state index is 10.8. The zero-order valence-electron chi connectivity index (χ0n) is 12.0. The number of rotatable bonds is 5. The van der Waals surface area contributed by atoms with Crippen molar-refractivity contribution < 1.29 is 19.4 Å². The molecule has 0 saturated heterocycles. The van der Waals surface area contributed by atoms with Gasteiger partial charge in [-0.2, -0.15) is 0 Å². The molecule has 0 aliphatic carbocycles. The van der Waals surface area contributed by atoms with E-state index in [1.807, 2.05) is 30.3 Å². The number of nitrogens with one attached hydrogen (secondary N) is 1. The van der Waals surface area contributed by atoms with Crippen molar-refractivity contribution in [1.82, 2.24) is 4.98 Å². The third-order valence-electron chi connectivity index (χ3n) is 3.20. The van der Waals surface area contributed by atoms with Gasteiger partial charge in [-0.1, -0.05) is 41.7 Å². The average Bonchev–Trinajstić information content (AvgIpc) is 3.16. The molecule has 0 fully saturated rings. The summed E-state index contributed by atoms with van der Waals surface area (Å²) in [6.07, 6.45) is -0.0940. The van der Waals surface area contributed by atoms with Crippen molar-refractivity contribution in [2.24, 2.45) is 0 Å². The molecule has 3 N–H and O–H groups in total. The second-order valence-corrected chi connectivity index (χ2v) is 5.88. The van der Waals surface area contributed by atoms with Gasteiger partial charge in [0.05, 0.1) is 17.2 Å². The molecule has 1 atom stereocenters. The minimum absolute atomic E-state index is 0.200. The second-order valence-electron chi connectivity index (χ2n) is 4.84. The molecule has 0 radical (unpaired) electrons. The van der Waals surface area contributed by atoms with Crippen molar-refractivity contribution in [3.8, 4) is 11.5 Å². The highest BCUT2D eigenvalue weighted by Gasteiger charge is 2.22. The van der Waals surface area contributed by atoms with Crippen LogP contribution in [0.1, 0.15) is 16.5 Å². The van der Waals surface area contributed by atoms with E-state index in [1.165, 1.54) is 6.26 Å². The van der Waals surface area contributed by atoms with Crippen LogP contribution in [0.15, 0.2) is 53.1 Å². The van der Waals surface area contributed by atoms with E-state index in [1.54, 1.807) is 12.1 Å². The number of carboxylic acid groups (broad SMARTS) is 1. The summed E-state index contributed by atoms with van der Waals surface area (Å²) in [6.45, 7) is 0. The van der Waals surface area contributed by atoms with Crippen molar-refractivity contribution in [3.05, 3.63) is 59.2 Å². The van der Waals surface area contributed by atoms with Crippen molar-refractivity contribution in [1.29, 1.82) is 0 Å². The van der Waals surface area contributed by atoms with E-state index in [4.69, 9.17) is 9.52 Å². The summed E-state index contributed by atoms with van der Waals surface area (Å²) in [6, 6.07) is 13.0. The van der Waals surface area contributed by atoms with Gasteiger partial charge in [0, 0.05) is 6.42 Å². The van der Waals surface area contributed by atoms with Gasteiger partial charge in [0.15, 0.2) is 10.9 Å². The third-order valence-corrected chi connectivity index (χ3v) is 4.27. The lowest BCUT2D eigenvalue weighted by Crippen LogP contribution is -2.06. The number of benzene rings is 1. The summed E-state index contributed by atoms with van der Waals surface area (Å²) in [7, 11) is 0. The molecule has 6 nitrogen and oxygen atoms in total. The van der Waals surface area contributed by atoms with Crippen LogP contribution >= 0.6 is 11.3 Å². The predicted octanol–water partition coefficient (Wildman–Crippen LogP) is 3.77. The molecule has 118 valence electrons. The zero-order chi connectivity index (χ0) is 16.2. The van der Waals surface area contributed by atoms with Crippen LogP contribution in [-0.4, -0.2) is 21.3 Å². The van der Waals surface area contributed by atoms with Gasteiger partial charge in [-0.25, -0.2) is 9.78 Å². The molecule has 0 saturated carbocycles. The van der Waals surface area contributed by atoms with Crippen LogP contribution in [0.25, 0.3) is 11.5 Å². The maximum Gasteiger partial charge on any atom is 0.410 e. The Balaban J connectivity index is 1.92. The van der Waals surface area contributed by atoms with Gasteiger partial charge >= 0.3 is 6.09 Å². The van der Waals surface area contributed by atoms with Gasteiger partial charge in [-0.05, 0) is 17.7 Å². The van der Waals surface area contributed by atoms with E-state index in [2.05, 4.69) is 10.3 Å². The number of hydrogen-bond acceptors (Lipinski definition) is 5. The molecule has 1 aromatic carbocycles. The zero-order valence-corrected chi connectivity index (χ0v) is 12.8. The quantitative estimate of drug-likeness (QED) is 0.662. The maximum absolute atomic E-state index is 10.8. The number of carbonyl (C=O) groups is 1. The first-order chi connectivity index (χ1) is 11.1. The molecule has 2 aromatic heterocycles. The molecule has 0 aliphatic heterocycles. The van der Waals surface area contributed by atoms with Crippen LogP contribution in [0.3, 0.4) is 0 Å². The van der Waals surface area contributed by atoms with Gasteiger partial charge in [0.1, 0.15) is 5.69 Å². The minimum Gasteiger partial charge on any atom is -0.465 e. The molecule has 2 heterocycles. The number of hydrogen-bond donors (Lipinski definition) is 3. The van der Waals surface area contributed by atoms with Gasteiger partial charge in [-0.3, -0.25) is 5.32 Å². The summed E-state index contributed by atoms with van der Waals surface area (Å²) in [4.78, 5) is 15.6. The fourth-order valence-electron chi connectivity index (χ4n) is 2.22. The monoisotopic (exact) mass is 330 g/mol.